The molecule has 0 aliphatic heterocycles. The highest BCUT2D eigenvalue weighted by Gasteiger charge is 2.00. The van der Waals surface area contributed by atoms with Gasteiger partial charge in [0.15, 0.2) is 0 Å². The van der Waals surface area contributed by atoms with Crippen LogP contribution in [0.1, 0.15) is 32.1 Å². The van der Waals surface area contributed by atoms with Gasteiger partial charge in [0.05, 0.1) is 0 Å². The van der Waals surface area contributed by atoms with E-state index in [-0.39, 0.29) is 0 Å². The van der Waals surface area contributed by atoms with E-state index in [1.54, 1.807) is 0 Å². The molecule has 68 valence electrons. The molecular formula is C8H18S3. The van der Waals surface area contributed by atoms with E-state index < -0.39 is 0 Å². The van der Waals surface area contributed by atoms with E-state index in [2.05, 4.69) is 37.9 Å². The molecule has 0 saturated carbocycles. The predicted molar refractivity (Wildman–Crippen MR) is 63.6 cm³/mol. The number of hydrogen-bond acceptors (Lipinski definition) is 3. The Morgan fingerprint density at radius 2 is 1.55 bits per heavy atom. The molecule has 3 heteroatoms. The number of rotatable bonds is 7. The molecule has 0 spiro atoms. The van der Waals surface area contributed by atoms with Crippen LogP contribution in [0.15, 0.2) is 0 Å². The Morgan fingerprint density at radius 3 is 2.09 bits per heavy atom. The molecule has 0 saturated heterocycles. The Kier molecular flexibility index (Phi) is 10.0. The fourth-order valence-corrected chi connectivity index (χ4v) is 2.01. The Bertz CT molecular complexity index is 75.7. The van der Waals surface area contributed by atoms with Gasteiger partial charge in [-0.1, -0.05) is 12.8 Å². The van der Waals surface area contributed by atoms with Crippen molar-refractivity contribution in [2.24, 2.45) is 0 Å². The lowest BCUT2D eigenvalue weighted by atomic mass is 10.1. The van der Waals surface area contributed by atoms with Gasteiger partial charge in [0, 0.05) is 5.25 Å². The summed E-state index contributed by atoms with van der Waals surface area (Å²) in [6.45, 7) is 0. The van der Waals surface area contributed by atoms with Crippen molar-refractivity contribution < 1.29 is 0 Å². The Balaban J connectivity index is 2.97. The van der Waals surface area contributed by atoms with Gasteiger partial charge in [-0.05, 0) is 30.8 Å². The third-order valence-corrected chi connectivity index (χ3v) is 2.75. The Hall–Kier alpha value is 1.05. The standard InChI is InChI=1S/C8H18S3/c9-6-3-1-2-4-8(11)5-7-10/h8-11H,1-7H2. The van der Waals surface area contributed by atoms with Gasteiger partial charge in [-0.15, -0.1) is 0 Å². The Morgan fingerprint density at radius 1 is 0.818 bits per heavy atom. The predicted octanol–water partition coefficient (Wildman–Crippen LogP) is 3.09. The van der Waals surface area contributed by atoms with Crippen LogP contribution in [0.5, 0.6) is 0 Å². The highest BCUT2D eigenvalue weighted by Crippen LogP contribution is 2.12. The molecule has 0 N–H and O–H groups in total. The van der Waals surface area contributed by atoms with Gasteiger partial charge in [-0.25, -0.2) is 0 Å². The first-order chi connectivity index (χ1) is 5.31. The van der Waals surface area contributed by atoms with Crippen molar-refractivity contribution in [3.8, 4) is 0 Å². The lowest BCUT2D eigenvalue weighted by molar-refractivity contribution is 0.643. The minimum Gasteiger partial charge on any atom is -0.179 e. The fraction of sp³-hybridized carbons (Fsp3) is 1.00. The van der Waals surface area contributed by atoms with Crippen molar-refractivity contribution in [1.29, 1.82) is 0 Å². The highest BCUT2D eigenvalue weighted by molar-refractivity contribution is 7.81. The Labute approximate surface area is 86.8 Å². The van der Waals surface area contributed by atoms with Crippen LogP contribution >= 0.6 is 37.9 Å². The van der Waals surface area contributed by atoms with Gasteiger partial charge in [0.1, 0.15) is 0 Å². The molecule has 0 aromatic carbocycles. The third-order valence-electron chi connectivity index (χ3n) is 1.66. The largest absolute Gasteiger partial charge is 0.179 e. The zero-order valence-corrected chi connectivity index (χ0v) is 9.55. The first-order valence-electron chi connectivity index (χ1n) is 4.21. The second-order valence-corrected chi connectivity index (χ2v) is 4.36. The molecule has 0 amide bonds. The number of thiol groups is 3. The molecule has 0 radical (unpaired) electrons. The van der Waals surface area contributed by atoms with Crippen LogP contribution in [-0.4, -0.2) is 16.8 Å². The van der Waals surface area contributed by atoms with E-state index in [4.69, 9.17) is 0 Å². The maximum Gasteiger partial charge on any atom is 0.00245 e. The van der Waals surface area contributed by atoms with Crippen LogP contribution in [0.4, 0.5) is 0 Å². The summed E-state index contributed by atoms with van der Waals surface area (Å²) in [4.78, 5) is 0. The van der Waals surface area contributed by atoms with Gasteiger partial charge in [0.25, 0.3) is 0 Å². The van der Waals surface area contributed by atoms with Crippen molar-refractivity contribution in [3.63, 3.8) is 0 Å². The van der Waals surface area contributed by atoms with Gasteiger partial charge in [-0.3, -0.25) is 0 Å². The van der Waals surface area contributed by atoms with Crippen LogP contribution in [0.3, 0.4) is 0 Å². The molecule has 0 nitrogen and oxygen atoms in total. The summed E-state index contributed by atoms with van der Waals surface area (Å²) in [5.41, 5.74) is 0. The summed E-state index contributed by atoms with van der Waals surface area (Å²) in [5, 5.41) is 0.562. The number of hydrogen-bond donors (Lipinski definition) is 3. The average molecular weight is 210 g/mol. The quantitative estimate of drug-likeness (QED) is 0.417. The van der Waals surface area contributed by atoms with Crippen LogP contribution in [0.2, 0.25) is 0 Å². The van der Waals surface area contributed by atoms with Crippen LogP contribution in [-0.2, 0) is 0 Å². The lowest BCUT2D eigenvalue weighted by Crippen LogP contribution is -1.99. The molecule has 0 rings (SSSR count). The zero-order valence-electron chi connectivity index (χ0n) is 6.87. The maximum atomic E-state index is 4.44. The van der Waals surface area contributed by atoms with E-state index in [0.29, 0.717) is 5.25 Å². The second-order valence-electron chi connectivity index (χ2n) is 2.74. The van der Waals surface area contributed by atoms with Crippen LogP contribution in [0.25, 0.3) is 0 Å². The molecule has 0 aliphatic rings. The molecule has 1 unspecified atom stereocenters. The zero-order chi connectivity index (χ0) is 8.53. The SMILES string of the molecule is SCCCCCC(S)CCS. The lowest BCUT2D eigenvalue weighted by Gasteiger charge is -2.07. The van der Waals surface area contributed by atoms with Gasteiger partial charge < -0.3 is 0 Å². The van der Waals surface area contributed by atoms with Crippen LogP contribution in [0, 0.1) is 0 Å². The minimum atomic E-state index is 0.562. The van der Waals surface area contributed by atoms with Gasteiger partial charge in [-0.2, -0.15) is 37.9 Å². The summed E-state index contributed by atoms with van der Waals surface area (Å²) >= 11 is 12.8. The van der Waals surface area contributed by atoms with E-state index in [1.165, 1.54) is 25.7 Å². The fourth-order valence-electron chi connectivity index (χ4n) is 0.962. The molecule has 0 aromatic heterocycles. The third kappa shape index (κ3) is 8.96. The van der Waals surface area contributed by atoms with E-state index in [9.17, 15) is 0 Å². The van der Waals surface area contributed by atoms with Crippen molar-refractivity contribution in [3.05, 3.63) is 0 Å². The minimum absolute atomic E-state index is 0.562. The van der Waals surface area contributed by atoms with Crippen molar-refractivity contribution in [1.82, 2.24) is 0 Å². The molecular weight excluding hydrogens is 192 g/mol. The summed E-state index contributed by atoms with van der Waals surface area (Å²) in [6, 6.07) is 0. The van der Waals surface area contributed by atoms with Gasteiger partial charge >= 0.3 is 0 Å². The second kappa shape index (κ2) is 9.14. The summed E-state index contributed by atoms with van der Waals surface area (Å²) in [6.07, 6.45) is 6.20. The average Bonchev–Trinajstić information content (AvgIpc) is 1.99. The van der Waals surface area contributed by atoms with Crippen LogP contribution < -0.4 is 0 Å². The van der Waals surface area contributed by atoms with Crippen molar-refractivity contribution in [2.45, 2.75) is 37.4 Å². The summed E-state index contributed by atoms with van der Waals surface area (Å²) < 4.78 is 0. The van der Waals surface area contributed by atoms with Crippen molar-refractivity contribution >= 4 is 37.9 Å². The summed E-state index contributed by atoms with van der Waals surface area (Å²) in [5.74, 6) is 1.98. The highest BCUT2D eigenvalue weighted by atomic mass is 32.1. The number of unbranched alkanes of at least 4 members (excludes halogenated alkanes) is 2. The van der Waals surface area contributed by atoms with Crippen molar-refractivity contribution in [2.75, 3.05) is 11.5 Å². The normalized spacial score (nSPS) is 13.4. The molecule has 0 heterocycles. The van der Waals surface area contributed by atoms with Gasteiger partial charge in [0.2, 0.25) is 0 Å². The molecule has 0 fully saturated rings. The molecule has 1 atom stereocenters. The molecule has 0 aromatic rings. The smallest absolute Gasteiger partial charge is 0.00245 e. The first kappa shape index (κ1) is 12.0. The van der Waals surface area contributed by atoms with E-state index >= 15 is 0 Å². The molecule has 11 heavy (non-hydrogen) atoms. The first-order valence-corrected chi connectivity index (χ1v) is 5.99. The molecule has 0 bridgehead atoms. The van der Waals surface area contributed by atoms with E-state index in [0.717, 1.165) is 17.9 Å². The topological polar surface area (TPSA) is 0 Å². The monoisotopic (exact) mass is 210 g/mol. The maximum absolute atomic E-state index is 4.44. The van der Waals surface area contributed by atoms with E-state index in [1.807, 2.05) is 0 Å². The summed E-state index contributed by atoms with van der Waals surface area (Å²) in [7, 11) is 0. The molecule has 0 aliphatic carbocycles.